The fourth-order valence-corrected chi connectivity index (χ4v) is 4.94. The van der Waals surface area contributed by atoms with E-state index in [0.717, 1.165) is 62.5 Å². The third kappa shape index (κ3) is 4.82. The number of nitrogens with zero attached hydrogens (tertiary/aromatic N) is 6. The lowest BCUT2D eigenvalue weighted by Crippen LogP contribution is -2.33. The summed E-state index contributed by atoms with van der Waals surface area (Å²) < 4.78 is 7.74. The molecular weight excluding hydrogens is 460 g/mol. The quantitative estimate of drug-likeness (QED) is 0.283. The van der Waals surface area contributed by atoms with Crippen molar-refractivity contribution in [2.45, 2.75) is 26.2 Å². The maximum absolute atomic E-state index is 5.93. The van der Waals surface area contributed by atoms with E-state index in [1.165, 1.54) is 32.4 Å². The van der Waals surface area contributed by atoms with Crippen LogP contribution in [-0.4, -0.2) is 55.7 Å². The molecule has 0 aliphatic carbocycles. The Kier molecular flexibility index (Phi) is 6.37. The maximum Gasteiger partial charge on any atom is 0.162 e. The largest absolute Gasteiger partial charge is 0.491 e. The van der Waals surface area contributed by atoms with Crippen molar-refractivity contribution in [3.8, 4) is 28.1 Å². The highest BCUT2D eigenvalue weighted by Crippen LogP contribution is 2.31. The van der Waals surface area contributed by atoms with E-state index in [0.29, 0.717) is 6.61 Å². The molecular formula is C30H30N6O. The minimum Gasteiger partial charge on any atom is -0.491 e. The highest BCUT2D eigenvalue weighted by molar-refractivity contribution is 5.98. The number of hydrogen-bond donors (Lipinski definition) is 0. The van der Waals surface area contributed by atoms with Crippen LogP contribution in [0.25, 0.3) is 44.5 Å². The molecule has 0 radical (unpaired) electrons. The lowest BCUT2D eigenvalue weighted by molar-refractivity contribution is 0.183. The van der Waals surface area contributed by atoms with E-state index in [1.54, 1.807) is 6.20 Å². The van der Waals surface area contributed by atoms with Crippen molar-refractivity contribution in [1.29, 1.82) is 0 Å². The van der Waals surface area contributed by atoms with E-state index < -0.39 is 0 Å². The van der Waals surface area contributed by atoms with Gasteiger partial charge in [-0.25, -0.2) is 14.5 Å². The molecule has 1 aliphatic heterocycles. The van der Waals surface area contributed by atoms with Crippen molar-refractivity contribution < 1.29 is 4.74 Å². The fourth-order valence-electron chi connectivity index (χ4n) is 4.94. The van der Waals surface area contributed by atoms with Crippen LogP contribution in [0.1, 0.15) is 31.9 Å². The van der Waals surface area contributed by atoms with Crippen molar-refractivity contribution in [1.82, 2.24) is 29.5 Å². The van der Waals surface area contributed by atoms with Crippen LogP contribution in [-0.2, 0) is 0 Å². The van der Waals surface area contributed by atoms with Crippen LogP contribution in [0, 0.1) is 0 Å². The number of benzene rings is 1. The van der Waals surface area contributed by atoms with Crippen LogP contribution in [0.2, 0.25) is 0 Å². The lowest BCUT2D eigenvalue weighted by Gasteiger charge is -2.26. The SMILES string of the molecule is C=C(C)c1ccc2c(-c3cnn4cc(-c5ccc(OCCN6CCCCC6)cn5)cnc34)cccc2n1. The average Bonchev–Trinajstić information content (AvgIpc) is 3.36. The third-order valence-corrected chi connectivity index (χ3v) is 6.97. The maximum atomic E-state index is 5.93. The van der Waals surface area contributed by atoms with Gasteiger partial charge in [0.2, 0.25) is 0 Å². The highest BCUT2D eigenvalue weighted by atomic mass is 16.5. The Balaban J connectivity index is 1.21. The molecule has 186 valence electrons. The number of fused-ring (bicyclic) bond motifs is 2. The molecule has 6 rings (SSSR count). The summed E-state index contributed by atoms with van der Waals surface area (Å²) in [5.41, 5.74) is 7.31. The molecule has 0 amide bonds. The summed E-state index contributed by atoms with van der Waals surface area (Å²) >= 11 is 0. The van der Waals surface area contributed by atoms with Crippen LogP contribution < -0.4 is 4.74 Å². The summed E-state index contributed by atoms with van der Waals surface area (Å²) in [7, 11) is 0. The summed E-state index contributed by atoms with van der Waals surface area (Å²) in [6.07, 6.45) is 11.4. The summed E-state index contributed by atoms with van der Waals surface area (Å²) in [6.45, 7) is 9.99. The van der Waals surface area contributed by atoms with Crippen LogP contribution >= 0.6 is 0 Å². The van der Waals surface area contributed by atoms with Gasteiger partial charge in [-0.3, -0.25) is 9.88 Å². The highest BCUT2D eigenvalue weighted by Gasteiger charge is 2.14. The van der Waals surface area contributed by atoms with Gasteiger partial charge in [-0.1, -0.05) is 31.2 Å². The van der Waals surface area contributed by atoms with Crippen LogP contribution in [0.5, 0.6) is 5.75 Å². The van der Waals surface area contributed by atoms with Gasteiger partial charge in [-0.05, 0) is 68.3 Å². The molecule has 0 N–H and O–H groups in total. The minimum atomic E-state index is 0.683. The monoisotopic (exact) mass is 490 g/mol. The molecule has 0 bridgehead atoms. The first kappa shape index (κ1) is 23.3. The molecule has 7 heteroatoms. The van der Waals surface area contributed by atoms with Gasteiger partial charge in [-0.15, -0.1) is 0 Å². The van der Waals surface area contributed by atoms with Crippen molar-refractivity contribution in [3.63, 3.8) is 0 Å². The third-order valence-electron chi connectivity index (χ3n) is 6.97. The smallest absolute Gasteiger partial charge is 0.162 e. The summed E-state index contributed by atoms with van der Waals surface area (Å²) in [5.74, 6) is 0.788. The zero-order chi connectivity index (χ0) is 25.2. The summed E-state index contributed by atoms with van der Waals surface area (Å²) in [6, 6.07) is 14.2. The molecule has 7 nitrogen and oxygen atoms in total. The Hall–Kier alpha value is -4.10. The number of rotatable bonds is 7. The number of likely N-dealkylation sites (tertiary alicyclic amines) is 1. The van der Waals surface area contributed by atoms with Crippen molar-refractivity contribution in [2.75, 3.05) is 26.2 Å². The average molecular weight is 491 g/mol. The molecule has 1 aliphatic rings. The van der Waals surface area contributed by atoms with Gasteiger partial charge in [0.05, 0.1) is 29.3 Å². The van der Waals surface area contributed by atoms with Crippen molar-refractivity contribution in [3.05, 3.63) is 79.5 Å². The standard InChI is InChI=1S/C30H30N6O/c1-21(2)27-12-10-25-24(7-6-8-29(25)34-27)26-19-33-36-20-22(17-32-30(26)36)28-11-9-23(18-31-28)37-16-15-35-13-4-3-5-14-35/h6-12,17-20H,1,3-5,13-16H2,2H3. The number of allylic oxidation sites excluding steroid dienone is 1. The number of piperidine rings is 1. The van der Waals surface area contributed by atoms with Gasteiger partial charge in [0, 0.05) is 35.5 Å². The van der Waals surface area contributed by atoms with Gasteiger partial charge in [0.1, 0.15) is 12.4 Å². The second-order valence-corrected chi connectivity index (χ2v) is 9.65. The van der Waals surface area contributed by atoms with Crippen molar-refractivity contribution >= 4 is 22.1 Å². The van der Waals surface area contributed by atoms with E-state index >= 15 is 0 Å². The predicted molar refractivity (Wildman–Crippen MR) is 147 cm³/mol. The molecule has 0 atom stereocenters. The first-order chi connectivity index (χ1) is 18.2. The molecule has 5 aromatic rings. The first-order valence-electron chi connectivity index (χ1n) is 12.9. The van der Waals surface area contributed by atoms with E-state index in [4.69, 9.17) is 14.7 Å². The van der Waals surface area contributed by atoms with Gasteiger partial charge in [0.15, 0.2) is 5.65 Å². The number of hydrogen-bond acceptors (Lipinski definition) is 6. The Morgan fingerprint density at radius 3 is 2.65 bits per heavy atom. The molecule has 5 heterocycles. The second kappa shape index (κ2) is 10.1. The van der Waals surface area contributed by atoms with E-state index in [1.807, 2.05) is 60.4 Å². The Morgan fingerprint density at radius 1 is 0.946 bits per heavy atom. The van der Waals surface area contributed by atoms with Crippen LogP contribution in [0.4, 0.5) is 0 Å². The molecule has 37 heavy (non-hydrogen) atoms. The summed E-state index contributed by atoms with van der Waals surface area (Å²) in [4.78, 5) is 16.6. The molecule has 1 fully saturated rings. The Bertz CT molecular complexity index is 1570. The zero-order valence-electron chi connectivity index (χ0n) is 21.1. The molecule has 0 unspecified atom stereocenters. The molecule has 4 aromatic heterocycles. The van der Waals surface area contributed by atoms with E-state index in [2.05, 4.69) is 33.7 Å². The number of aromatic nitrogens is 5. The molecule has 0 saturated carbocycles. The predicted octanol–water partition coefficient (Wildman–Crippen LogP) is 5.90. The minimum absolute atomic E-state index is 0.683. The molecule has 1 saturated heterocycles. The number of ether oxygens (including phenoxy) is 1. The van der Waals surface area contributed by atoms with E-state index in [9.17, 15) is 0 Å². The van der Waals surface area contributed by atoms with E-state index in [-0.39, 0.29) is 0 Å². The lowest BCUT2D eigenvalue weighted by atomic mass is 10.0. The Morgan fingerprint density at radius 2 is 1.84 bits per heavy atom. The second-order valence-electron chi connectivity index (χ2n) is 9.65. The van der Waals surface area contributed by atoms with Gasteiger partial charge < -0.3 is 4.74 Å². The Labute approximate surface area is 216 Å². The van der Waals surface area contributed by atoms with Gasteiger partial charge >= 0.3 is 0 Å². The first-order valence-corrected chi connectivity index (χ1v) is 12.9. The van der Waals surface area contributed by atoms with Gasteiger partial charge in [0.25, 0.3) is 0 Å². The van der Waals surface area contributed by atoms with Crippen LogP contribution in [0.3, 0.4) is 0 Å². The van der Waals surface area contributed by atoms with Crippen LogP contribution in [0.15, 0.2) is 73.8 Å². The molecule has 1 aromatic carbocycles. The van der Waals surface area contributed by atoms with Gasteiger partial charge in [-0.2, -0.15) is 5.10 Å². The number of pyridine rings is 2. The summed E-state index contributed by atoms with van der Waals surface area (Å²) in [5, 5.41) is 5.66. The normalized spacial score (nSPS) is 14.3. The molecule has 0 spiro atoms. The zero-order valence-corrected chi connectivity index (χ0v) is 21.1. The van der Waals surface area contributed by atoms with Crippen molar-refractivity contribution in [2.24, 2.45) is 0 Å². The topological polar surface area (TPSA) is 68.4 Å². The fraction of sp³-hybridized carbons (Fsp3) is 0.267.